The number of ketones is 1. The Morgan fingerprint density at radius 2 is 1.36 bits per heavy atom. The van der Waals surface area contributed by atoms with Crippen molar-refractivity contribution in [2.24, 2.45) is 23.7 Å². The van der Waals surface area contributed by atoms with Crippen LogP contribution < -0.4 is 4.74 Å². The highest BCUT2D eigenvalue weighted by molar-refractivity contribution is 9.12. The van der Waals surface area contributed by atoms with Gasteiger partial charge in [-0.15, -0.1) is 0 Å². The third-order valence-corrected chi connectivity index (χ3v) is 11.7. The van der Waals surface area contributed by atoms with Crippen molar-refractivity contribution in [2.45, 2.75) is 16.1 Å². The number of nitro benzene ring substituents is 1. The lowest BCUT2D eigenvalue weighted by atomic mass is 9.81. The van der Waals surface area contributed by atoms with Crippen LogP contribution in [0.15, 0.2) is 78.9 Å². The van der Waals surface area contributed by atoms with Crippen LogP contribution in [-0.2, 0) is 9.59 Å². The predicted octanol–water partition coefficient (Wildman–Crippen LogP) is 4.83. The molecule has 0 unspecified atom stereocenters. The molecule has 3 amide bonds. The van der Waals surface area contributed by atoms with E-state index in [1.165, 1.54) is 36.4 Å². The molecule has 3 aromatic rings. The summed E-state index contributed by atoms with van der Waals surface area (Å²) in [6.07, 6.45) is 0.683. The van der Waals surface area contributed by atoms with E-state index in [4.69, 9.17) is 4.74 Å². The molecule has 13 heteroatoms. The summed E-state index contributed by atoms with van der Waals surface area (Å²) in [4.78, 5) is 77.7. The first-order valence-electron chi connectivity index (χ1n) is 13.7. The zero-order valence-electron chi connectivity index (χ0n) is 22.7. The Hall–Kier alpha value is -4.23. The molecule has 3 aliphatic rings. The number of nitrogens with zero attached hydrogens (tertiary/aromatic N) is 3. The lowest BCUT2D eigenvalue weighted by Crippen LogP contribution is -2.52. The molecule has 1 heterocycles. The molecular weight excluding hydrogens is 702 g/mol. The van der Waals surface area contributed by atoms with E-state index in [9.17, 15) is 34.1 Å². The number of hydrogen-bond donors (Lipinski definition) is 0. The van der Waals surface area contributed by atoms with Gasteiger partial charge in [0.1, 0.15) is 12.3 Å². The van der Waals surface area contributed by atoms with E-state index < -0.39 is 52.8 Å². The van der Waals surface area contributed by atoms with E-state index >= 15 is 0 Å². The van der Waals surface area contributed by atoms with Gasteiger partial charge in [-0.2, -0.15) is 5.01 Å². The maximum Gasteiger partial charge on any atom is 0.343 e. The molecule has 1 aliphatic heterocycles. The Bertz CT molecular complexity index is 1650. The number of amides is 3. The van der Waals surface area contributed by atoms with Crippen molar-refractivity contribution < 1.29 is 33.6 Å². The number of rotatable bonds is 8. The number of alkyl halides is 2. The summed E-state index contributed by atoms with van der Waals surface area (Å²) in [6.45, 7) is -0.652. The van der Waals surface area contributed by atoms with Gasteiger partial charge in [-0.3, -0.25) is 29.3 Å². The summed E-state index contributed by atoms with van der Waals surface area (Å²) in [5.41, 5.74) is 0.211. The number of imide groups is 1. The van der Waals surface area contributed by atoms with E-state index in [0.717, 1.165) is 22.2 Å². The molecule has 6 atom stereocenters. The van der Waals surface area contributed by atoms with Gasteiger partial charge in [0.25, 0.3) is 23.4 Å². The zero-order chi connectivity index (χ0) is 31.3. The van der Waals surface area contributed by atoms with Gasteiger partial charge in [-0.05, 0) is 66.8 Å². The van der Waals surface area contributed by atoms with Crippen molar-refractivity contribution in [2.75, 3.05) is 6.54 Å². The molecule has 2 aliphatic carbocycles. The van der Waals surface area contributed by atoms with E-state index in [-0.39, 0.29) is 44.1 Å². The average molecular weight is 725 g/mol. The van der Waals surface area contributed by atoms with E-state index in [1.807, 2.05) is 0 Å². The van der Waals surface area contributed by atoms with Crippen molar-refractivity contribution in [3.05, 3.63) is 106 Å². The number of Topliss-reactive ketones (excluding diaryl/α,β-unsaturated/α-hetero) is 1. The standard InChI is InChI=1S/C31H23Br2N3O8/c32-26-21-14-22(27(26)33)25-24(21)29(39)35(30(25)40)34(28(38)17-6-10-19(11-7-17)36(42)43)15-23(37)16-8-12-20(13-9-16)44-31(41)18-4-2-1-3-5-18/h1-13,21-22,24-27H,14-15H2/t21-,22-,24-,25-,26+,27+/m1/s1. The van der Waals surface area contributed by atoms with Crippen molar-refractivity contribution in [3.63, 3.8) is 0 Å². The number of hydrazine groups is 1. The number of hydrogen-bond acceptors (Lipinski definition) is 8. The molecule has 1 saturated heterocycles. The average Bonchev–Trinajstić information content (AvgIpc) is 3.65. The SMILES string of the molecule is O=C(CN(C(=O)c1ccc([N+](=O)[O-])cc1)N1C(=O)[C@@H]2[C@H]3C[C@@H]([C@H](Br)[C@H]3Br)[C@H]2C1=O)c1ccc(OC(=O)c2ccccc2)cc1. The Kier molecular flexibility index (Phi) is 7.93. The number of nitro groups is 1. The highest BCUT2D eigenvalue weighted by Gasteiger charge is 2.67. The summed E-state index contributed by atoms with van der Waals surface area (Å²) < 4.78 is 5.37. The minimum atomic E-state index is -0.832. The molecule has 0 aromatic heterocycles. The number of esters is 1. The second-order valence-corrected chi connectivity index (χ2v) is 13.0. The van der Waals surface area contributed by atoms with Gasteiger partial charge in [-0.1, -0.05) is 50.1 Å². The molecule has 11 nitrogen and oxygen atoms in total. The number of ether oxygens (including phenoxy) is 1. The van der Waals surface area contributed by atoms with Crippen LogP contribution in [-0.4, -0.2) is 60.6 Å². The lowest BCUT2D eigenvalue weighted by molar-refractivity contribution is -0.384. The maximum atomic E-state index is 13.8. The molecule has 0 spiro atoms. The van der Waals surface area contributed by atoms with Crippen LogP contribution >= 0.6 is 31.9 Å². The fraction of sp³-hybridized carbons (Fsp3) is 0.258. The first-order chi connectivity index (χ1) is 21.1. The summed E-state index contributed by atoms with van der Waals surface area (Å²) >= 11 is 7.28. The Balaban J connectivity index is 1.26. The third-order valence-electron chi connectivity index (χ3n) is 8.45. The van der Waals surface area contributed by atoms with Crippen LogP contribution in [0.1, 0.15) is 37.5 Å². The summed E-state index contributed by atoms with van der Waals surface area (Å²) in [5, 5.41) is 12.8. The molecule has 6 rings (SSSR count). The third kappa shape index (κ3) is 5.13. The predicted molar refractivity (Wildman–Crippen MR) is 162 cm³/mol. The van der Waals surface area contributed by atoms with Gasteiger partial charge in [0.05, 0.1) is 22.3 Å². The fourth-order valence-corrected chi connectivity index (χ4v) is 8.23. The van der Waals surface area contributed by atoms with E-state index in [0.29, 0.717) is 12.0 Å². The number of fused-ring (bicyclic) bond motifs is 5. The largest absolute Gasteiger partial charge is 0.423 e. The lowest BCUT2D eigenvalue weighted by Gasteiger charge is -2.30. The molecule has 3 aromatic carbocycles. The van der Waals surface area contributed by atoms with Crippen LogP contribution in [0.3, 0.4) is 0 Å². The maximum absolute atomic E-state index is 13.8. The quantitative estimate of drug-likeness (QED) is 0.0611. The molecular formula is C31H23Br2N3O8. The van der Waals surface area contributed by atoms with Gasteiger partial charge < -0.3 is 4.74 Å². The summed E-state index contributed by atoms with van der Waals surface area (Å²) in [6, 6.07) is 18.8. The molecule has 0 radical (unpaired) electrons. The highest BCUT2D eigenvalue weighted by Crippen LogP contribution is 2.60. The topological polar surface area (TPSA) is 144 Å². The number of carbonyl (C=O) groups excluding carboxylic acids is 5. The van der Waals surface area contributed by atoms with Crippen molar-refractivity contribution in [1.82, 2.24) is 10.0 Å². The minimum Gasteiger partial charge on any atom is -0.423 e. The molecule has 0 N–H and O–H groups in total. The Morgan fingerprint density at radius 1 is 0.818 bits per heavy atom. The zero-order valence-corrected chi connectivity index (χ0v) is 25.9. The van der Waals surface area contributed by atoms with Crippen LogP contribution in [0.4, 0.5) is 5.69 Å². The van der Waals surface area contributed by atoms with Crippen LogP contribution in [0, 0.1) is 33.8 Å². The van der Waals surface area contributed by atoms with Crippen molar-refractivity contribution in [3.8, 4) is 5.75 Å². The second kappa shape index (κ2) is 11.7. The Labute approximate surface area is 267 Å². The first-order valence-corrected chi connectivity index (χ1v) is 15.5. The molecule has 224 valence electrons. The first kappa shape index (κ1) is 29.8. The summed E-state index contributed by atoms with van der Waals surface area (Å²) in [5.74, 6) is -4.41. The van der Waals surface area contributed by atoms with Crippen LogP contribution in [0.25, 0.3) is 0 Å². The number of benzene rings is 3. The number of non-ortho nitro benzene ring substituents is 1. The van der Waals surface area contributed by atoms with E-state index in [2.05, 4.69) is 31.9 Å². The molecule has 44 heavy (non-hydrogen) atoms. The number of halogens is 2. The minimum absolute atomic E-state index is 0.0274. The van der Waals surface area contributed by atoms with Gasteiger partial charge in [0.2, 0.25) is 0 Å². The molecule has 2 bridgehead atoms. The Morgan fingerprint density at radius 3 is 1.91 bits per heavy atom. The van der Waals surface area contributed by atoms with Gasteiger partial charge in [0, 0.05) is 32.9 Å². The second-order valence-electron chi connectivity index (χ2n) is 10.9. The van der Waals surface area contributed by atoms with Crippen molar-refractivity contribution >= 4 is 67.0 Å². The van der Waals surface area contributed by atoms with Crippen LogP contribution in [0.5, 0.6) is 5.75 Å². The van der Waals surface area contributed by atoms with Crippen LogP contribution in [0.2, 0.25) is 0 Å². The number of carbonyl (C=O) groups is 5. The van der Waals surface area contributed by atoms with Gasteiger partial charge >= 0.3 is 5.97 Å². The normalized spacial score (nSPS) is 25.1. The summed E-state index contributed by atoms with van der Waals surface area (Å²) in [7, 11) is 0. The highest BCUT2D eigenvalue weighted by atomic mass is 79.9. The smallest absolute Gasteiger partial charge is 0.343 e. The van der Waals surface area contributed by atoms with E-state index in [1.54, 1.807) is 30.3 Å². The monoisotopic (exact) mass is 723 g/mol. The van der Waals surface area contributed by atoms with Crippen molar-refractivity contribution in [1.29, 1.82) is 0 Å². The fourth-order valence-electron chi connectivity index (χ4n) is 6.36. The van der Waals surface area contributed by atoms with Gasteiger partial charge in [0.15, 0.2) is 5.78 Å². The molecule has 2 saturated carbocycles. The molecule has 3 fully saturated rings. The van der Waals surface area contributed by atoms with Gasteiger partial charge in [-0.25, -0.2) is 9.80 Å².